The Morgan fingerprint density at radius 3 is 2.56 bits per heavy atom. The number of carbonyl (C=O) groups excluding carboxylic acids is 3. The van der Waals surface area contributed by atoms with E-state index >= 15 is 0 Å². The number of nitrogens with one attached hydrogen (secondary N) is 1. The molecule has 43 heavy (non-hydrogen) atoms. The van der Waals surface area contributed by atoms with E-state index in [-0.39, 0.29) is 53.2 Å². The van der Waals surface area contributed by atoms with E-state index in [0.29, 0.717) is 6.42 Å². The van der Waals surface area contributed by atoms with E-state index in [1.54, 1.807) is 13.2 Å². The Balaban J connectivity index is 2.04. The summed E-state index contributed by atoms with van der Waals surface area (Å²) in [6.07, 6.45) is 23.5. The van der Waals surface area contributed by atoms with Crippen LogP contribution in [-0.2, 0) is 23.8 Å². The predicted octanol–water partition coefficient (Wildman–Crippen LogP) is 5.89. The van der Waals surface area contributed by atoms with Gasteiger partial charge in [-0.3, -0.25) is 4.79 Å². The van der Waals surface area contributed by atoms with Crippen molar-refractivity contribution in [2.45, 2.75) is 78.7 Å². The summed E-state index contributed by atoms with van der Waals surface area (Å²) in [4.78, 5) is 35.9. The number of hydrogen-bond donors (Lipinski definition) is 2. The highest BCUT2D eigenvalue weighted by atomic mass is 16.6. The molecule has 0 aromatic heterocycles. The third kappa shape index (κ3) is 9.42. The third-order valence-electron chi connectivity index (χ3n) is 8.76. The van der Waals surface area contributed by atoms with Crippen LogP contribution >= 0.6 is 0 Å². The van der Waals surface area contributed by atoms with Gasteiger partial charge in [0.25, 0.3) is 0 Å². The van der Waals surface area contributed by atoms with Crippen LogP contribution in [0.25, 0.3) is 0 Å². The van der Waals surface area contributed by atoms with Crippen molar-refractivity contribution in [3.63, 3.8) is 0 Å². The Morgan fingerprint density at radius 2 is 1.88 bits per heavy atom. The quantitative estimate of drug-likeness (QED) is 0.304. The molecule has 8 nitrogen and oxygen atoms in total. The summed E-state index contributed by atoms with van der Waals surface area (Å²) >= 11 is 0. The van der Waals surface area contributed by atoms with E-state index in [1.165, 1.54) is 13.0 Å². The Bertz CT molecular complexity index is 1240. The molecule has 1 saturated carbocycles. The normalized spacial score (nSPS) is 38.6. The van der Waals surface area contributed by atoms with Crippen LogP contribution in [0.1, 0.15) is 54.4 Å². The van der Waals surface area contributed by atoms with Gasteiger partial charge >= 0.3 is 12.1 Å². The number of primary amides is 1. The number of cyclic esters (lactones) is 1. The molecule has 1 aliphatic heterocycles. The summed E-state index contributed by atoms with van der Waals surface area (Å²) in [5.41, 5.74) is 7.18. The number of esters is 1. The Kier molecular flexibility index (Phi) is 12.0. The lowest BCUT2D eigenvalue weighted by molar-refractivity contribution is -0.142. The first-order chi connectivity index (χ1) is 20.3. The molecular formula is C35H48N2O6. The van der Waals surface area contributed by atoms with Crippen LogP contribution in [0.2, 0.25) is 0 Å². The number of amides is 2. The highest BCUT2D eigenvalue weighted by Crippen LogP contribution is 2.53. The van der Waals surface area contributed by atoms with Crippen molar-refractivity contribution < 1.29 is 28.6 Å². The molecule has 0 bridgehead atoms. The van der Waals surface area contributed by atoms with E-state index in [2.05, 4.69) is 55.6 Å². The average Bonchev–Trinajstić information content (AvgIpc) is 2.93. The van der Waals surface area contributed by atoms with Gasteiger partial charge in [0.2, 0.25) is 5.91 Å². The van der Waals surface area contributed by atoms with Crippen LogP contribution in [0.5, 0.6) is 0 Å². The Hall–Kier alpha value is -3.65. The van der Waals surface area contributed by atoms with Crippen LogP contribution in [0.15, 0.2) is 84.1 Å². The average molecular weight is 593 g/mol. The molecule has 9 atom stereocenters. The van der Waals surface area contributed by atoms with E-state index < -0.39 is 18.2 Å². The zero-order valence-electron chi connectivity index (χ0n) is 26.5. The molecule has 8 heteroatoms. The van der Waals surface area contributed by atoms with Gasteiger partial charge in [-0.2, -0.15) is 0 Å². The number of methoxy groups -OCH3 is 1. The number of allylic oxidation sites excluding steroid dienone is 9. The molecule has 3 rings (SSSR count). The van der Waals surface area contributed by atoms with Crippen molar-refractivity contribution in [3.05, 3.63) is 84.1 Å². The maximum atomic E-state index is 12.7. The van der Waals surface area contributed by atoms with Crippen molar-refractivity contribution >= 4 is 18.0 Å². The standard InChI is InChI=1S/C35H48N2O6/c1-22-9-8-10-33(39)42-31(16-13-25(4)37-26(5)38)24(3)12-11-23(2)19-27-14-15-29-30(35(27,6)18-17-22)20-28(41-7)21-32(29)43-34(36)40/h8-19,24-25,27-32H,20-21H2,1-7H3,(H2,36,40)(H,37,38)/b10-8+,12-11+,16-13+,18-17+,22-9-,23-19+/t24-,25-,27-,28+,29-,30-,31+,32+,35+/m1/s1. The first-order valence-electron chi connectivity index (χ1n) is 15.1. The van der Waals surface area contributed by atoms with E-state index in [9.17, 15) is 14.4 Å². The largest absolute Gasteiger partial charge is 0.454 e. The lowest BCUT2D eigenvalue weighted by Gasteiger charge is -2.51. The van der Waals surface area contributed by atoms with Crippen LogP contribution in [0, 0.1) is 29.1 Å². The third-order valence-corrected chi connectivity index (χ3v) is 8.76. The molecule has 0 saturated heterocycles. The van der Waals surface area contributed by atoms with Gasteiger partial charge < -0.3 is 25.3 Å². The Labute approximate surface area is 256 Å². The molecule has 0 aromatic rings. The van der Waals surface area contributed by atoms with E-state index in [4.69, 9.17) is 19.9 Å². The van der Waals surface area contributed by atoms with Gasteiger partial charge in [-0.15, -0.1) is 0 Å². The number of nitrogens with two attached hydrogens (primary N) is 1. The molecule has 0 radical (unpaired) electrons. The second kappa shape index (κ2) is 15.2. The van der Waals surface area contributed by atoms with E-state index in [1.807, 2.05) is 45.1 Å². The van der Waals surface area contributed by atoms with Crippen molar-refractivity contribution in [1.29, 1.82) is 0 Å². The summed E-state index contributed by atoms with van der Waals surface area (Å²) in [5, 5.41) is 2.82. The zero-order valence-corrected chi connectivity index (χ0v) is 26.5. The minimum Gasteiger partial charge on any atom is -0.454 e. The topological polar surface area (TPSA) is 117 Å². The van der Waals surface area contributed by atoms with Gasteiger partial charge in [-0.05, 0) is 44.6 Å². The van der Waals surface area contributed by atoms with Crippen molar-refractivity contribution in [3.8, 4) is 0 Å². The van der Waals surface area contributed by atoms with Crippen LogP contribution in [0.3, 0.4) is 0 Å². The van der Waals surface area contributed by atoms with Gasteiger partial charge in [0.15, 0.2) is 0 Å². The highest BCUT2D eigenvalue weighted by molar-refractivity contribution is 5.82. The summed E-state index contributed by atoms with van der Waals surface area (Å²) in [7, 11) is 1.70. The lowest BCUT2D eigenvalue weighted by atomic mass is 9.55. The summed E-state index contributed by atoms with van der Waals surface area (Å²) in [6, 6.07) is -0.202. The summed E-state index contributed by atoms with van der Waals surface area (Å²) < 4.78 is 17.2. The molecule has 3 N–H and O–H groups in total. The lowest BCUT2D eigenvalue weighted by Crippen LogP contribution is -2.50. The SMILES string of the molecule is CO[C@@H]1C[C@H](OC(N)=O)[C@@H]2C=C[C@@H]3/C=C(C)/C=C/[C@@H](C)[C@H](/C=C/[C@@H](C)NC(C)=O)OC(=O)/C=C/C=C(C)\C=C\[C@]3(C)[C@@H]2C1. The summed E-state index contributed by atoms with van der Waals surface area (Å²) in [5.74, 6) is -0.501. The van der Waals surface area contributed by atoms with Crippen LogP contribution in [0.4, 0.5) is 4.79 Å². The molecule has 1 fully saturated rings. The molecule has 234 valence electrons. The van der Waals surface area contributed by atoms with E-state index in [0.717, 1.165) is 17.6 Å². The van der Waals surface area contributed by atoms with Gasteiger partial charge in [0.1, 0.15) is 12.2 Å². The fourth-order valence-electron chi connectivity index (χ4n) is 6.32. The first kappa shape index (κ1) is 33.8. The number of hydrogen-bond acceptors (Lipinski definition) is 6. The van der Waals surface area contributed by atoms with Gasteiger partial charge in [-0.1, -0.05) is 85.8 Å². The van der Waals surface area contributed by atoms with Crippen LogP contribution < -0.4 is 11.1 Å². The van der Waals surface area contributed by atoms with Gasteiger partial charge in [0.05, 0.1) is 6.10 Å². The minimum atomic E-state index is -0.772. The van der Waals surface area contributed by atoms with Crippen molar-refractivity contribution in [2.75, 3.05) is 7.11 Å². The molecule has 2 amide bonds. The van der Waals surface area contributed by atoms with Gasteiger partial charge in [-0.25, -0.2) is 9.59 Å². The van der Waals surface area contributed by atoms with Crippen LogP contribution in [-0.4, -0.2) is 49.4 Å². The fraction of sp³-hybridized carbons (Fsp3) is 0.514. The molecular weight excluding hydrogens is 544 g/mol. The van der Waals surface area contributed by atoms with Crippen molar-refractivity contribution in [2.24, 2.45) is 34.8 Å². The number of carbonyl (C=O) groups is 3. The first-order valence-corrected chi connectivity index (χ1v) is 15.1. The minimum absolute atomic E-state index is 0.00560. The summed E-state index contributed by atoms with van der Waals surface area (Å²) in [6.45, 7) is 11.6. The maximum absolute atomic E-state index is 12.7. The second-order valence-corrected chi connectivity index (χ2v) is 12.3. The zero-order chi connectivity index (χ0) is 31.7. The smallest absolute Gasteiger partial charge is 0.404 e. The molecule has 0 aromatic carbocycles. The predicted molar refractivity (Wildman–Crippen MR) is 169 cm³/mol. The molecule has 0 spiro atoms. The molecule has 0 unspecified atom stereocenters. The molecule has 2 aliphatic carbocycles. The molecule has 3 aliphatic rings. The highest BCUT2D eigenvalue weighted by Gasteiger charge is 2.50. The maximum Gasteiger partial charge on any atom is 0.404 e. The fourth-order valence-corrected chi connectivity index (χ4v) is 6.32. The van der Waals surface area contributed by atoms with Crippen molar-refractivity contribution in [1.82, 2.24) is 5.32 Å². The number of rotatable bonds is 5. The monoisotopic (exact) mass is 592 g/mol. The second-order valence-electron chi connectivity index (χ2n) is 12.3. The Morgan fingerprint density at radius 1 is 1.14 bits per heavy atom. The number of ether oxygens (including phenoxy) is 3. The van der Waals surface area contributed by atoms with Gasteiger partial charge in [0, 0.05) is 50.3 Å². The molecule has 1 heterocycles. The number of fused-ring (bicyclic) bond motifs is 3.